The summed E-state index contributed by atoms with van der Waals surface area (Å²) in [5.74, 6) is 0.176. The molecule has 10 nitrogen and oxygen atoms in total. The van der Waals surface area contributed by atoms with E-state index in [2.05, 4.69) is 5.16 Å². The van der Waals surface area contributed by atoms with Gasteiger partial charge in [-0.25, -0.2) is 0 Å². The number of ether oxygens (including phenoxy) is 4. The summed E-state index contributed by atoms with van der Waals surface area (Å²) in [5.41, 5.74) is 0.640. The zero-order chi connectivity index (χ0) is 26.0. The number of nitrogens with zero attached hydrogens (tertiary/aromatic N) is 2. The number of aliphatic hydroxyl groups excluding tert-OH is 1. The highest BCUT2D eigenvalue weighted by atomic mass is 16.5. The minimum Gasteiger partial charge on any atom is -0.507 e. The van der Waals surface area contributed by atoms with Crippen LogP contribution >= 0.6 is 0 Å². The number of anilines is 1. The van der Waals surface area contributed by atoms with Gasteiger partial charge in [-0.3, -0.25) is 14.5 Å². The van der Waals surface area contributed by atoms with Crippen LogP contribution in [-0.2, 0) is 9.59 Å². The van der Waals surface area contributed by atoms with Crippen LogP contribution in [-0.4, -0.2) is 49.9 Å². The predicted octanol–water partition coefficient (Wildman–Crippen LogP) is 4.03. The molecule has 1 N–H and O–H groups in total. The molecule has 3 aromatic rings. The number of Topliss-reactive ketones (excluding diaryl/α,β-unsaturated/α-hetero) is 1. The van der Waals surface area contributed by atoms with Crippen LogP contribution in [0, 0.1) is 6.92 Å². The van der Waals surface area contributed by atoms with Gasteiger partial charge in [0.1, 0.15) is 11.5 Å². The molecule has 1 atom stereocenters. The molecule has 0 unspecified atom stereocenters. The lowest BCUT2D eigenvalue weighted by Gasteiger charge is -2.24. The van der Waals surface area contributed by atoms with Crippen LogP contribution in [0.5, 0.6) is 23.0 Å². The molecule has 2 aromatic carbocycles. The maximum Gasteiger partial charge on any atom is 0.301 e. The number of carbonyl (C=O) groups excluding carboxylic acids is 2. The number of hydrogen-bond donors (Lipinski definition) is 1. The number of rotatable bonds is 8. The fraction of sp³-hybridized carbons (Fsp3) is 0.269. The van der Waals surface area contributed by atoms with Crippen molar-refractivity contribution in [2.45, 2.75) is 19.9 Å². The molecule has 188 valence electrons. The summed E-state index contributed by atoms with van der Waals surface area (Å²) in [7, 11) is 4.44. The van der Waals surface area contributed by atoms with Gasteiger partial charge in [0.2, 0.25) is 0 Å². The first-order chi connectivity index (χ1) is 17.3. The normalized spacial score (nSPS) is 16.8. The Bertz CT molecular complexity index is 1340. The minimum absolute atomic E-state index is 0.126. The molecule has 10 heteroatoms. The highest BCUT2D eigenvalue weighted by Crippen LogP contribution is 2.44. The van der Waals surface area contributed by atoms with Crippen molar-refractivity contribution >= 4 is 23.3 Å². The van der Waals surface area contributed by atoms with E-state index in [0.717, 1.165) is 0 Å². The lowest BCUT2D eigenvalue weighted by atomic mass is 9.95. The molecule has 1 fully saturated rings. The van der Waals surface area contributed by atoms with Gasteiger partial charge in [0, 0.05) is 11.6 Å². The molecular formula is C26H26N2O8. The first kappa shape index (κ1) is 24.6. The van der Waals surface area contributed by atoms with Crippen LogP contribution in [0.15, 0.2) is 52.6 Å². The number of methoxy groups -OCH3 is 3. The van der Waals surface area contributed by atoms with E-state index in [1.807, 2.05) is 6.92 Å². The number of amides is 1. The van der Waals surface area contributed by atoms with E-state index in [4.69, 9.17) is 23.5 Å². The lowest BCUT2D eigenvalue weighted by Crippen LogP contribution is -2.29. The molecule has 1 aliphatic rings. The summed E-state index contributed by atoms with van der Waals surface area (Å²) in [6.45, 7) is 3.94. The summed E-state index contributed by atoms with van der Waals surface area (Å²) in [6, 6.07) is 10.3. The molecule has 1 amide bonds. The van der Waals surface area contributed by atoms with Crippen molar-refractivity contribution < 1.29 is 38.2 Å². The van der Waals surface area contributed by atoms with Crippen molar-refractivity contribution in [1.29, 1.82) is 0 Å². The molecule has 0 bridgehead atoms. The Hall–Kier alpha value is -4.47. The Kier molecular flexibility index (Phi) is 6.86. The Morgan fingerprint density at radius 2 is 1.64 bits per heavy atom. The monoisotopic (exact) mass is 494 g/mol. The molecule has 1 aliphatic heterocycles. The van der Waals surface area contributed by atoms with Crippen LogP contribution in [0.3, 0.4) is 0 Å². The van der Waals surface area contributed by atoms with E-state index >= 15 is 0 Å². The lowest BCUT2D eigenvalue weighted by molar-refractivity contribution is -0.132. The Balaban J connectivity index is 1.94. The summed E-state index contributed by atoms with van der Waals surface area (Å²) in [6.07, 6.45) is 0. The molecule has 0 radical (unpaired) electrons. The van der Waals surface area contributed by atoms with Crippen LogP contribution in [0.2, 0.25) is 0 Å². The van der Waals surface area contributed by atoms with Crippen LogP contribution in [0.1, 0.15) is 29.9 Å². The summed E-state index contributed by atoms with van der Waals surface area (Å²) in [4.78, 5) is 27.8. The maximum atomic E-state index is 13.3. The van der Waals surface area contributed by atoms with Gasteiger partial charge in [-0.1, -0.05) is 11.2 Å². The second kappa shape index (κ2) is 10.0. The smallest absolute Gasteiger partial charge is 0.301 e. The third kappa shape index (κ3) is 4.21. The van der Waals surface area contributed by atoms with Gasteiger partial charge >= 0.3 is 5.91 Å². The highest BCUT2D eigenvalue weighted by molar-refractivity contribution is 6.51. The zero-order valence-corrected chi connectivity index (χ0v) is 20.5. The molecule has 2 heterocycles. The third-order valence-corrected chi connectivity index (χ3v) is 5.77. The van der Waals surface area contributed by atoms with Crippen LogP contribution < -0.4 is 23.8 Å². The predicted molar refractivity (Wildman–Crippen MR) is 130 cm³/mol. The Labute approximate surface area is 207 Å². The standard InChI is InChI=1S/C26H26N2O8/c1-6-35-18-10-7-15(12-20(18)34-5)23-22(24(29)16-8-9-17(32-3)19(13-16)33-4)25(30)26(31)28(23)21-11-14(2)36-27-21/h7-13,23,29H,6H2,1-5H3/t23-/m0/s1. The van der Waals surface area contributed by atoms with Gasteiger partial charge < -0.3 is 28.6 Å². The van der Waals surface area contributed by atoms with E-state index in [9.17, 15) is 14.7 Å². The molecule has 0 spiro atoms. The van der Waals surface area contributed by atoms with Gasteiger partial charge in [-0.15, -0.1) is 0 Å². The van der Waals surface area contributed by atoms with Crippen molar-refractivity contribution in [3.05, 3.63) is 64.9 Å². The average molecular weight is 495 g/mol. The van der Waals surface area contributed by atoms with Crippen molar-refractivity contribution in [3.8, 4) is 23.0 Å². The largest absolute Gasteiger partial charge is 0.507 e. The summed E-state index contributed by atoms with van der Waals surface area (Å²) < 4.78 is 26.8. The first-order valence-electron chi connectivity index (χ1n) is 11.1. The second-order valence-corrected chi connectivity index (χ2v) is 7.88. The fourth-order valence-electron chi connectivity index (χ4n) is 4.12. The molecule has 0 aliphatic carbocycles. The zero-order valence-electron chi connectivity index (χ0n) is 20.5. The maximum absolute atomic E-state index is 13.3. The highest BCUT2D eigenvalue weighted by Gasteiger charge is 2.48. The van der Waals surface area contributed by atoms with Gasteiger partial charge in [-0.05, 0) is 49.7 Å². The molecule has 0 saturated carbocycles. The number of aromatic nitrogens is 1. The minimum atomic E-state index is -1.02. The second-order valence-electron chi connectivity index (χ2n) is 7.88. The van der Waals surface area contributed by atoms with Gasteiger partial charge in [-0.2, -0.15) is 0 Å². The SMILES string of the molecule is CCOc1ccc([C@H]2C(=C(O)c3ccc(OC)c(OC)c3)C(=O)C(=O)N2c2cc(C)on2)cc1OC. The number of aliphatic hydroxyl groups is 1. The van der Waals surface area contributed by atoms with Crippen LogP contribution in [0.4, 0.5) is 5.82 Å². The first-order valence-corrected chi connectivity index (χ1v) is 11.1. The van der Waals surface area contributed by atoms with E-state index in [1.165, 1.54) is 32.3 Å². The van der Waals surface area contributed by atoms with Gasteiger partial charge in [0.15, 0.2) is 28.8 Å². The summed E-state index contributed by atoms with van der Waals surface area (Å²) >= 11 is 0. The van der Waals surface area contributed by atoms with Crippen molar-refractivity contribution in [3.63, 3.8) is 0 Å². The van der Waals surface area contributed by atoms with Crippen LogP contribution in [0.25, 0.3) is 5.76 Å². The van der Waals surface area contributed by atoms with E-state index < -0.39 is 17.7 Å². The van der Waals surface area contributed by atoms with Crippen molar-refractivity contribution in [1.82, 2.24) is 5.16 Å². The Morgan fingerprint density at radius 3 is 2.25 bits per heavy atom. The number of ketones is 1. The van der Waals surface area contributed by atoms with E-state index in [1.54, 1.807) is 43.3 Å². The molecular weight excluding hydrogens is 468 g/mol. The average Bonchev–Trinajstić information content (AvgIpc) is 3.43. The number of aryl methyl sites for hydroxylation is 1. The Morgan fingerprint density at radius 1 is 0.972 bits per heavy atom. The van der Waals surface area contributed by atoms with Crippen molar-refractivity contribution in [2.24, 2.45) is 0 Å². The van der Waals surface area contributed by atoms with Gasteiger partial charge in [0.25, 0.3) is 5.78 Å². The summed E-state index contributed by atoms with van der Waals surface area (Å²) in [5, 5.41) is 15.3. The van der Waals surface area contributed by atoms with E-state index in [-0.39, 0.29) is 22.7 Å². The molecule has 4 rings (SSSR count). The quantitative estimate of drug-likeness (QED) is 0.281. The topological polar surface area (TPSA) is 121 Å². The fourth-order valence-corrected chi connectivity index (χ4v) is 4.12. The van der Waals surface area contributed by atoms with E-state index in [0.29, 0.717) is 40.9 Å². The number of hydrogen-bond acceptors (Lipinski definition) is 9. The van der Waals surface area contributed by atoms with Gasteiger partial charge in [0.05, 0.1) is 39.6 Å². The number of benzene rings is 2. The molecule has 1 saturated heterocycles. The number of carbonyl (C=O) groups is 2. The molecule has 1 aromatic heterocycles. The third-order valence-electron chi connectivity index (χ3n) is 5.77. The van der Waals surface area contributed by atoms with Crippen molar-refractivity contribution in [2.75, 3.05) is 32.8 Å². The molecule has 36 heavy (non-hydrogen) atoms.